The summed E-state index contributed by atoms with van der Waals surface area (Å²) in [6.07, 6.45) is 17.3. The Morgan fingerprint density at radius 1 is 0.867 bits per heavy atom. The van der Waals surface area contributed by atoms with E-state index in [-0.39, 0.29) is 17.9 Å². The Morgan fingerprint density at radius 3 is 2.07 bits per heavy atom. The van der Waals surface area contributed by atoms with E-state index in [1.807, 2.05) is 81.5 Å². The molecule has 60 heavy (non-hydrogen) atoms. The molecule has 1 aliphatic heterocycles. The average molecular weight is 852 g/mol. The lowest BCUT2D eigenvalue weighted by Gasteiger charge is -2.38. The molecule has 1 amide bonds. The maximum Gasteiger partial charge on any atom is 0.329 e. The molecular weight excluding hydrogens is 771 g/mol. The smallest absolute Gasteiger partial charge is 0.329 e. The molecule has 3 rings (SSSR count). The molecule has 0 saturated carbocycles. The number of unbranched alkanes of at least 4 members (excludes halogenated alkanes) is 8. The summed E-state index contributed by atoms with van der Waals surface area (Å²) in [5.74, 6) is -1.52. The predicted molar refractivity (Wildman–Crippen MR) is 247 cm³/mol. The van der Waals surface area contributed by atoms with E-state index in [1.165, 1.54) is 25.7 Å². The summed E-state index contributed by atoms with van der Waals surface area (Å²) in [5, 5.41) is 15.0. The van der Waals surface area contributed by atoms with Crippen LogP contribution in [0.15, 0.2) is 60.7 Å². The fraction of sp³-hybridized carbons (Fsp3) is 0.680. The maximum absolute atomic E-state index is 14.4. The molecule has 0 bridgehead atoms. The molecule has 338 valence electrons. The van der Waals surface area contributed by atoms with Crippen LogP contribution in [-0.4, -0.2) is 75.3 Å². The monoisotopic (exact) mass is 852 g/mol. The molecule has 0 unspecified atom stereocenters. The van der Waals surface area contributed by atoms with Gasteiger partial charge in [-0.05, 0) is 107 Å². The molecule has 1 heterocycles. The molecule has 0 aromatic heterocycles. The van der Waals surface area contributed by atoms with Crippen LogP contribution in [0.25, 0.3) is 11.1 Å². The van der Waals surface area contributed by atoms with Crippen molar-refractivity contribution in [1.82, 2.24) is 5.32 Å². The molecule has 2 aromatic rings. The third-order valence-electron chi connectivity index (χ3n) is 12.1. The van der Waals surface area contributed by atoms with E-state index in [1.54, 1.807) is 14.0 Å². The molecule has 0 radical (unpaired) electrons. The van der Waals surface area contributed by atoms with Crippen LogP contribution in [0.4, 0.5) is 0 Å². The van der Waals surface area contributed by atoms with Gasteiger partial charge in [0.25, 0.3) is 0 Å². The number of amides is 1. The number of carbonyl (C=O) groups excluding carboxylic acids is 2. The van der Waals surface area contributed by atoms with Crippen molar-refractivity contribution in [1.29, 1.82) is 0 Å². The summed E-state index contributed by atoms with van der Waals surface area (Å²) in [5.41, 5.74) is 0.687. The highest BCUT2D eigenvalue weighted by Gasteiger charge is 2.41. The second-order valence-electron chi connectivity index (χ2n) is 19.6. The Labute approximate surface area is 364 Å². The minimum Gasteiger partial charge on any atom is -0.497 e. The average Bonchev–Trinajstić information content (AvgIpc) is 3.64. The largest absolute Gasteiger partial charge is 0.497 e. The zero-order valence-electron chi connectivity index (χ0n) is 39.3. The number of methoxy groups -OCH3 is 1. The van der Waals surface area contributed by atoms with E-state index in [0.717, 1.165) is 73.8 Å². The van der Waals surface area contributed by atoms with Crippen molar-refractivity contribution in [2.24, 2.45) is 5.92 Å². The van der Waals surface area contributed by atoms with E-state index in [2.05, 4.69) is 46.1 Å². The van der Waals surface area contributed by atoms with E-state index in [9.17, 15) is 14.7 Å². The molecule has 0 spiro atoms. The standard InChI is InChI=1S/C50H81NO8Si/c1-12-13-14-18-21-31-50(56-35-36-57-50)32-22-19-16-15-17-20-26-43(49(8,54)33-34-58-60(10,11)48(5,6)7)45(52)51-44(46(53)59-47(2,3)4)37-39-27-29-40(30-28-39)41-24-23-25-42(38-41)55-9/h20,23-30,38,43-44,54H,12-19,21-22,31-37H2,1-11H3,(H,51,52)/b26-20+/t43-,44+,49+/m1/s1. The second kappa shape index (κ2) is 24.0. The Kier molecular flexibility index (Phi) is 20.5. The minimum absolute atomic E-state index is 0.00825. The summed E-state index contributed by atoms with van der Waals surface area (Å²) in [6, 6.07) is 14.8. The van der Waals surface area contributed by atoms with E-state index in [0.29, 0.717) is 19.8 Å². The minimum atomic E-state index is -2.09. The van der Waals surface area contributed by atoms with Gasteiger partial charge in [-0.3, -0.25) is 4.79 Å². The van der Waals surface area contributed by atoms with Crippen molar-refractivity contribution >= 4 is 20.2 Å². The van der Waals surface area contributed by atoms with Gasteiger partial charge >= 0.3 is 5.97 Å². The van der Waals surface area contributed by atoms with Crippen molar-refractivity contribution in [3.05, 3.63) is 66.2 Å². The molecule has 9 nitrogen and oxygen atoms in total. The van der Waals surface area contributed by atoms with Gasteiger partial charge in [-0.15, -0.1) is 0 Å². The third-order valence-corrected chi connectivity index (χ3v) is 16.7. The van der Waals surface area contributed by atoms with Gasteiger partial charge in [-0.1, -0.05) is 115 Å². The van der Waals surface area contributed by atoms with E-state index in [4.69, 9.17) is 23.4 Å². The number of benzene rings is 2. The van der Waals surface area contributed by atoms with Crippen LogP contribution in [0.1, 0.15) is 144 Å². The number of hydrogen-bond acceptors (Lipinski definition) is 8. The van der Waals surface area contributed by atoms with Crippen LogP contribution in [-0.2, 0) is 34.6 Å². The predicted octanol–water partition coefficient (Wildman–Crippen LogP) is 11.5. The lowest BCUT2D eigenvalue weighted by Crippen LogP contribution is -2.52. The number of allylic oxidation sites excluding steroid dienone is 1. The van der Waals surface area contributed by atoms with Gasteiger partial charge in [-0.2, -0.15) is 0 Å². The first-order chi connectivity index (χ1) is 28.2. The molecule has 0 aliphatic carbocycles. The Bertz CT molecular complexity index is 1600. The lowest BCUT2D eigenvalue weighted by molar-refractivity contribution is -0.168. The van der Waals surface area contributed by atoms with Gasteiger partial charge in [0.2, 0.25) is 5.91 Å². The number of esters is 1. The number of carbonyl (C=O) groups is 2. The quantitative estimate of drug-likeness (QED) is 0.0416. The van der Waals surface area contributed by atoms with Crippen LogP contribution >= 0.6 is 0 Å². The molecule has 3 atom stereocenters. The van der Waals surface area contributed by atoms with E-state index < -0.39 is 49.1 Å². The molecular formula is C50H81NO8Si. The number of rotatable bonds is 26. The highest BCUT2D eigenvalue weighted by atomic mass is 28.4. The number of aliphatic hydroxyl groups is 1. The normalized spacial score (nSPS) is 16.7. The maximum atomic E-state index is 14.4. The van der Waals surface area contributed by atoms with Crippen molar-refractivity contribution in [3.63, 3.8) is 0 Å². The van der Waals surface area contributed by atoms with Gasteiger partial charge in [0.1, 0.15) is 17.4 Å². The first-order valence-corrected chi connectivity index (χ1v) is 25.7. The highest BCUT2D eigenvalue weighted by Crippen LogP contribution is 2.37. The Balaban J connectivity index is 1.72. The Hall–Kier alpha value is -3.02. The summed E-state index contributed by atoms with van der Waals surface area (Å²) in [7, 11) is -0.445. The van der Waals surface area contributed by atoms with Crippen LogP contribution in [0.3, 0.4) is 0 Å². The van der Waals surface area contributed by atoms with Crippen LogP contribution in [0.2, 0.25) is 18.1 Å². The number of nitrogens with one attached hydrogen (secondary N) is 1. The summed E-state index contributed by atoms with van der Waals surface area (Å²) in [4.78, 5) is 28.1. The van der Waals surface area contributed by atoms with Gasteiger partial charge < -0.3 is 33.8 Å². The third kappa shape index (κ3) is 17.4. The summed E-state index contributed by atoms with van der Waals surface area (Å²) < 4.78 is 29.9. The van der Waals surface area contributed by atoms with Gasteiger partial charge in [-0.25, -0.2) is 4.79 Å². The summed E-state index contributed by atoms with van der Waals surface area (Å²) in [6.45, 7) is 22.0. The van der Waals surface area contributed by atoms with Crippen LogP contribution in [0, 0.1) is 5.92 Å². The van der Waals surface area contributed by atoms with Crippen molar-refractivity contribution < 1.29 is 38.1 Å². The fourth-order valence-corrected chi connectivity index (χ4v) is 8.36. The topological polar surface area (TPSA) is 113 Å². The van der Waals surface area contributed by atoms with Gasteiger partial charge in [0.05, 0.1) is 31.8 Å². The molecule has 1 aliphatic rings. The zero-order chi connectivity index (χ0) is 44.5. The second-order valence-corrected chi connectivity index (χ2v) is 24.4. The summed E-state index contributed by atoms with van der Waals surface area (Å²) >= 11 is 0. The van der Waals surface area contributed by atoms with Gasteiger partial charge in [0.15, 0.2) is 14.1 Å². The number of hydrogen-bond donors (Lipinski definition) is 2. The van der Waals surface area contributed by atoms with E-state index >= 15 is 0 Å². The molecule has 2 aromatic carbocycles. The molecule has 10 heteroatoms. The van der Waals surface area contributed by atoms with Crippen molar-refractivity contribution in [2.75, 3.05) is 26.9 Å². The molecule has 1 fully saturated rings. The van der Waals surface area contributed by atoms with Crippen LogP contribution in [0.5, 0.6) is 5.75 Å². The first kappa shape index (κ1) is 51.3. The Morgan fingerprint density at radius 2 is 1.48 bits per heavy atom. The SMILES string of the molecule is CCCCCCCC1(CCCCCC/C=C/[C@H](C(=O)N[C@@H](Cc2ccc(-c3cccc(OC)c3)cc2)C(=O)OC(C)(C)C)[C@@](C)(O)CCO[Si](C)(C)C(C)(C)C)OCCO1. The van der Waals surface area contributed by atoms with Gasteiger partial charge in [0, 0.05) is 25.9 Å². The molecule has 1 saturated heterocycles. The van der Waals surface area contributed by atoms with Crippen molar-refractivity contribution in [3.8, 4) is 16.9 Å². The van der Waals surface area contributed by atoms with Crippen LogP contribution < -0.4 is 10.1 Å². The highest BCUT2D eigenvalue weighted by molar-refractivity contribution is 6.74. The number of ether oxygens (including phenoxy) is 4. The van der Waals surface area contributed by atoms with Crippen molar-refractivity contribution in [2.45, 2.75) is 186 Å². The first-order valence-electron chi connectivity index (χ1n) is 22.8. The molecule has 2 N–H and O–H groups in total. The fourth-order valence-electron chi connectivity index (χ4n) is 7.31. The lowest BCUT2D eigenvalue weighted by atomic mass is 9.84. The zero-order valence-corrected chi connectivity index (χ0v) is 40.3.